The highest BCUT2D eigenvalue weighted by Crippen LogP contribution is 2.41. The molecule has 0 aliphatic rings. The zero-order valence-electron chi connectivity index (χ0n) is 28.4. The molecule has 1 aromatic heterocycles. The molecule has 0 fully saturated rings. The quantitative estimate of drug-likeness (QED) is 0.136. The minimum Gasteiger partial charge on any atom is -0.228 e. The molecule has 2 heteroatoms. The van der Waals surface area contributed by atoms with Gasteiger partial charge in [-0.25, -0.2) is 9.97 Å². The second-order valence-corrected chi connectivity index (χ2v) is 13.4. The molecule has 10 rings (SSSR count). The van der Waals surface area contributed by atoms with Gasteiger partial charge in [-0.1, -0.05) is 170 Å². The minimum absolute atomic E-state index is 0.712. The summed E-state index contributed by atoms with van der Waals surface area (Å²) in [5.74, 6) is 0.712. The van der Waals surface area contributed by atoms with Crippen molar-refractivity contribution in [1.29, 1.82) is 0 Å². The van der Waals surface area contributed by atoms with Crippen LogP contribution in [0.15, 0.2) is 194 Å². The lowest BCUT2D eigenvalue weighted by atomic mass is 9.92. The summed E-state index contributed by atoms with van der Waals surface area (Å²) in [4.78, 5) is 10.9. The molecule has 9 aromatic carbocycles. The van der Waals surface area contributed by atoms with E-state index in [1.54, 1.807) is 0 Å². The summed E-state index contributed by atoms with van der Waals surface area (Å²) in [5.41, 5.74) is 9.54. The zero-order valence-corrected chi connectivity index (χ0v) is 28.4. The molecule has 242 valence electrons. The SMILES string of the molecule is c1ccc(-c2ccccc2-c2cc(-c3cccc(-c4ccc5ccccc5c4)c3)nc(-c3c4ccccc4cc4c3ccc3ccccc34)n2)cc1. The van der Waals surface area contributed by atoms with E-state index in [-0.39, 0.29) is 0 Å². The van der Waals surface area contributed by atoms with Crippen molar-refractivity contribution >= 4 is 43.1 Å². The highest BCUT2D eigenvalue weighted by atomic mass is 14.9. The first-order valence-electron chi connectivity index (χ1n) is 17.7. The van der Waals surface area contributed by atoms with Gasteiger partial charge in [-0.15, -0.1) is 0 Å². The van der Waals surface area contributed by atoms with E-state index in [4.69, 9.17) is 9.97 Å². The molecule has 0 saturated heterocycles. The first kappa shape index (κ1) is 30.0. The van der Waals surface area contributed by atoms with Gasteiger partial charge in [0, 0.05) is 16.7 Å². The molecular weight excluding hydrogens is 629 g/mol. The average Bonchev–Trinajstić information content (AvgIpc) is 3.23. The Hall–Kier alpha value is -6.90. The van der Waals surface area contributed by atoms with Crippen molar-refractivity contribution in [3.8, 4) is 56.2 Å². The first-order valence-corrected chi connectivity index (χ1v) is 17.7. The molecule has 52 heavy (non-hydrogen) atoms. The number of hydrogen-bond acceptors (Lipinski definition) is 2. The number of nitrogens with zero attached hydrogens (tertiary/aromatic N) is 2. The van der Waals surface area contributed by atoms with Crippen molar-refractivity contribution in [2.75, 3.05) is 0 Å². The Bertz CT molecular complexity index is 2960. The molecule has 1 heterocycles. The van der Waals surface area contributed by atoms with E-state index in [1.165, 1.54) is 37.9 Å². The lowest BCUT2D eigenvalue weighted by molar-refractivity contribution is 1.19. The molecule has 0 amide bonds. The fraction of sp³-hybridized carbons (Fsp3) is 0. The molecule has 0 bridgehead atoms. The summed E-state index contributed by atoms with van der Waals surface area (Å²) in [7, 11) is 0. The molecule has 0 saturated carbocycles. The van der Waals surface area contributed by atoms with Gasteiger partial charge in [-0.2, -0.15) is 0 Å². The Morgan fingerprint density at radius 1 is 0.269 bits per heavy atom. The number of benzene rings is 9. The Labute approximate surface area is 302 Å². The molecule has 2 nitrogen and oxygen atoms in total. The van der Waals surface area contributed by atoms with E-state index in [2.05, 4.69) is 194 Å². The van der Waals surface area contributed by atoms with Crippen LogP contribution in [0.4, 0.5) is 0 Å². The molecule has 0 atom stereocenters. The van der Waals surface area contributed by atoms with Gasteiger partial charge in [0.25, 0.3) is 0 Å². The lowest BCUT2D eigenvalue weighted by Gasteiger charge is -2.16. The van der Waals surface area contributed by atoms with Crippen molar-refractivity contribution in [1.82, 2.24) is 9.97 Å². The molecule has 0 unspecified atom stereocenters. The number of hydrogen-bond donors (Lipinski definition) is 0. The molecule has 0 aliphatic carbocycles. The van der Waals surface area contributed by atoms with Crippen LogP contribution in [0.25, 0.3) is 99.2 Å². The number of rotatable bonds is 5. The van der Waals surface area contributed by atoms with Crippen LogP contribution >= 0.6 is 0 Å². The molecular formula is C50H32N2. The van der Waals surface area contributed by atoms with Crippen LogP contribution in [-0.2, 0) is 0 Å². The van der Waals surface area contributed by atoms with Crippen LogP contribution < -0.4 is 0 Å². The maximum Gasteiger partial charge on any atom is 0.161 e. The maximum atomic E-state index is 5.47. The number of fused-ring (bicyclic) bond motifs is 5. The van der Waals surface area contributed by atoms with Gasteiger partial charge in [0.1, 0.15) is 0 Å². The van der Waals surface area contributed by atoms with E-state index in [0.29, 0.717) is 5.82 Å². The lowest BCUT2D eigenvalue weighted by Crippen LogP contribution is -1.99. The fourth-order valence-electron chi connectivity index (χ4n) is 7.71. The smallest absolute Gasteiger partial charge is 0.161 e. The van der Waals surface area contributed by atoms with Crippen LogP contribution in [0.5, 0.6) is 0 Å². The second kappa shape index (κ2) is 12.5. The zero-order chi connectivity index (χ0) is 34.4. The van der Waals surface area contributed by atoms with Gasteiger partial charge in [-0.05, 0) is 89.6 Å². The van der Waals surface area contributed by atoms with E-state index in [0.717, 1.165) is 55.5 Å². The van der Waals surface area contributed by atoms with Crippen molar-refractivity contribution in [2.45, 2.75) is 0 Å². The van der Waals surface area contributed by atoms with E-state index < -0.39 is 0 Å². The standard InChI is InChI=1S/C50H32N2/c1-2-14-34(15-3-1)41-21-10-11-24-44(41)48-32-47(40-20-12-19-37(30-40)38-26-25-33-13-4-5-17-36(33)29-38)51-50(52-48)49-43-23-9-7-18-39(43)31-46-42-22-8-6-16-35(42)27-28-45(46)49/h1-32H. The maximum absolute atomic E-state index is 5.47. The summed E-state index contributed by atoms with van der Waals surface area (Å²) in [5, 5.41) is 9.54. The molecule has 0 aliphatic heterocycles. The van der Waals surface area contributed by atoms with E-state index in [9.17, 15) is 0 Å². The summed E-state index contributed by atoms with van der Waals surface area (Å²) in [6.07, 6.45) is 0. The normalized spacial score (nSPS) is 11.5. The minimum atomic E-state index is 0.712. The monoisotopic (exact) mass is 660 g/mol. The highest BCUT2D eigenvalue weighted by molar-refractivity contribution is 6.19. The topological polar surface area (TPSA) is 25.8 Å². The summed E-state index contributed by atoms with van der Waals surface area (Å²) < 4.78 is 0. The van der Waals surface area contributed by atoms with Gasteiger partial charge < -0.3 is 0 Å². The Morgan fingerprint density at radius 3 is 1.75 bits per heavy atom. The van der Waals surface area contributed by atoms with Crippen LogP contribution in [0, 0.1) is 0 Å². The molecule has 0 N–H and O–H groups in total. The average molecular weight is 661 g/mol. The third-order valence-corrected chi connectivity index (χ3v) is 10.2. The molecule has 0 spiro atoms. The Morgan fingerprint density at radius 2 is 0.885 bits per heavy atom. The van der Waals surface area contributed by atoms with Crippen molar-refractivity contribution in [3.05, 3.63) is 194 Å². The van der Waals surface area contributed by atoms with Crippen LogP contribution in [0.3, 0.4) is 0 Å². The van der Waals surface area contributed by atoms with Gasteiger partial charge in [0.2, 0.25) is 0 Å². The van der Waals surface area contributed by atoms with Gasteiger partial charge >= 0.3 is 0 Å². The Balaban J connectivity index is 1.25. The van der Waals surface area contributed by atoms with E-state index >= 15 is 0 Å². The molecule has 0 radical (unpaired) electrons. The van der Waals surface area contributed by atoms with Crippen molar-refractivity contribution in [2.24, 2.45) is 0 Å². The first-order chi connectivity index (χ1) is 25.8. The summed E-state index contributed by atoms with van der Waals surface area (Å²) in [6.45, 7) is 0. The second-order valence-electron chi connectivity index (χ2n) is 13.4. The van der Waals surface area contributed by atoms with Crippen molar-refractivity contribution in [3.63, 3.8) is 0 Å². The fourth-order valence-corrected chi connectivity index (χ4v) is 7.71. The van der Waals surface area contributed by atoms with Crippen LogP contribution in [0.2, 0.25) is 0 Å². The van der Waals surface area contributed by atoms with Crippen LogP contribution in [0.1, 0.15) is 0 Å². The van der Waals surface area contributed by atoms with Crippen LogP contribution in [-0.4, -0.2) is 9.97 Å². The molecule has 10 aromatic rings. The van der Waals surface area contributed by atoms with E-state index in [1.807, 2.05) is 0 Å². The third kappa shape index (κ3) is 5.21. The predicted molar refractivity (Wildman–Crippen MR) is 219 cm³/mol. The predicted octanol–water partition coefficient (Wildman–Crippen LogP) is 13.4. The third-order valence-electron chi connectivity index (χ3n) is 10.2. The van der Waals surface area contributed by atoms with Crippen molar-refractivity contribution < 1.29 is 0 Å². The Kier molecular flexibility index (Phi) is 7.18. The largest absolute Gasteiger partial charge is 0.228 e. The van der Waals surface area contributed by atoms with Gasteiger partial charge in [-0.3, -0.25) is 0 Å². The summed E-state index contributed by atoms with van der Waals surface area (Å²) in [6, 6.07) is 69.3. The van der Waals surface area contributed by atoms with Gasteiger partial charge in [0.15, 0.2) is 5.82 Å². The highest BCUT2D eigenvalue weighted by Gasteiger charge is 2.19. The van der Waals surface area contributed by atoms with Gasteiger partial charge in [0.05, 0.1) is 11.4 Å². The summed E-state index contributed by atoms with van der Waals surface area (Å²) >= 11 is 0. The number of aromatic nitrogens is 2.